The second-order valence-corrected chi connectivity index (χ2v) is 4.53. The largest absolute Gasteiger partial charge is 0.440 e. The molecule has 0 bridgehead atoms. The Balaban J connectivity index is 2.13. The summed E-state index contributed by atoms with van der Waals surface area (Å²) >= 11 is 1.29. The van der Waals surface area contributed by atoms with Crippen LogP contribution in [0.3, 0.4) is 0 Å². The van der Waals surface area contributed by atoms with Crippen molar-refractivity contribution in [2.45, 2.75) is 10.1 Å². The average molecular weight is 260 g/mol. The molecule has 0 aliphatic carbocycles. The van der Waals surface area contributed by atoms with Crippen molar-refractivity contribution in [1.29, 1.82) is 0 Å². The summed E-state index contributed by atoms with van der Waals surface area (Å²) in [7, 11) is 0. The summed E-state index contributed by atoms with van der Waals surface area (Å²) in [6.45, 7) is 0. The van der Waals surface area contributed by atoms with Crippen LogP contribution in [0.4, 0.5) is 5.69 Å². The number of rotatable bonds is 2. The summed E-state index contributed by atoms with van der Waals surface area (Å²) < 4.78 is 5.14. The van der Waals surface area contributed by atoms with Crippen LogP contribution < -0.4 is 11.3 Å². The Bertz CT molecular complexity index is 751. The van der Waals surface area contributed by atoms with Gasteiger partial charge in [-0.3, -0.25) is 4.79 Å². The molecule has 0 radical (unpaired) electrons. The van der Waals surface area contributed by atoms with Gasteiger partial charge >= 0.3 is 0 Å². The Morgan fingerprint density at radius 2 is 2.22 bits per heavy atom. The summed E-state index contributed by atoms with van der Waals surface area (Å²) in [5.41, 5.74) is 6.77. The molecule has 3 aromatic rings. The number of aromatic nitrogens is 3. The fraction of sp³-hybridized carbons (Fsp3) is 0. The number of benzene rings is 1. The highest BCUT2D eigenvalue weighted by molar-refractivity contribution is 7.99. The van der Waals surface area contributed by atoms with E-state index in [9.17, 15) is 4.79 Å². The Morgan fingerprint density at radius 3 is 3.00 bits per heavy atom. The molecule has 0 aliphatic rings. The lowest BCUT2D eigenvalue weighted by atomic mass is 10.2. The first-order valence-electron chi connectivity index (χ1n) is 5.08. The first-order valence-corrected chi connectivity index (χ1v) is 5.90. The highest BCUT2D eigenvalue weighted by Gasteiger charge is 2.09. The first-order chi connectivity index (χ1) is 8.74. The maximum Gasteiger partial charge on any atom is 0.260 e. The normalized spacial score (nSPS) is 10.9. The zero-order valence-corrected chi connectivity index (χ0v) is 9.90. The highest BCUT2D eigenvalue weighted by atomic mass is 32.2. The molecular formula is C11H8N4O2S. The predicted molar refractivity (Wildman–Crippen MR) is 67.4 cm³/mol. The molecular weight excluding hydrogens is 252 g/mol. The van der Waals surface area contributed by atoms with Crippen LogP contribution in [0, 0.1) is 0 Å². The van der Waals surface area contributed by atoms with E-state index in [4.69, 9.17) is 10.2 Å². The number of nitrogens with one attached hydrogen (secondary N) is 1. The maximum atomic E-state index is 11.6. The SMILES string of the molecule is Nc1cc2c(=O)[nH]cnc2cc1Sc1ncco1. The van der Waals surface area contributed by atoms with E-state index in [0.29, 0.717) is 21.8 Å². The third kappa shape index (κ3) is 1.84. The molecule has 2 heterocycles. The average Bonchev–Trinajstić information content (AvgIpc) is 2.84. The predicted octanol–water partition coefficient (Wildman–Crippen LogP) is 1.64. The fourth-order valence-electron chi connectivity index (χ4n) is 1.56. The molecule has 0 fully saturated rings. The zero-order valence-electron chi connectivity index (χ0n) is 9.08. The van der Waals surface area contributed by atoms with Crippen LogP contribution in [0.25, 0.3) is 10.9 Å². The molecule has 3 N–H and O–H groups in total. The summed E-state index contributed by atoms with van der Waals surface area (Å²) in [6, 6.07) is 3.35. The lowest BCUT2D eigenvalue weighted by Gasteiger charge is -2.04. The first kappa shape index (κ1) is 10.8. The van der Waals surface area contributed by atoms with E-state index in [2.05, 4.69) is 15.0 Å². The number of hydrogen-bond acceptors (Lipinski definition) is 6. The van der Waals surface area contributed by atoms with Crippen molar-refractivity contribution >= 4 is 28.4 Å². The summed E-state index contributed by atoms with van der Waals surface area (Å²) in [5, 5.41) is 0.956. The third-order valence-corrected chi connectivity index (χ3v) is 3.33. The van der Waals surface area contributed by atoms with Crippen LogP contribution >= 0.6 is 11.8 Å². The van der Waals surface area contributed by atoms with E-state index >= 15 is 0 Å². The second-order valence-electron chi connectivity index (χ2n) is 3.54. The zero-order chi connectivity index (χ0) is 12.5. The van der Waals surface area contributed by atoms with Gasteiger partial charge < -0.3 is 15.1 Å². The number of H-pyrrole nitrogens is 1. The minimum atomic E-state index is -0.209. The van der Waals surface area contributed by atoms with Gasteiger partial charge in [0, 0.05) is 10.6 Å². The smallest absolute Gasteiger partial charge is 0.260 e. The summed E-state index contributed by atoms with van der Waals surface area (Å²) in [5.74, 6) is 0. The van der Waals surface area contributed by atoms with E-state index in [0.717, 1.165) is 4.90 Å². The molecule has 0 saturated carbocycles. The third-order valence-electron chi connectivity index (χ3n) is 2.38. The van der Waals surface area contributed by atoms with E-state index in [1.165, 1.54) is 24.4 Å². The number of oxazole rings is 1. The lowest BCUT2D eigenvalue weighted by Crippen LogP contribution is -2.07. The minimum absolute atomic E-state index is 0.209. The van der Waals surface area contributed by atoms with Gasteiger partial charge in [0.05, 0.1) is 23.4 Å². The van der Waals surface area contributed by atoms with E-state index in [1.54, 1.807) is 18.3 Å². The van der Waals surface area contributed by atoms with Crippen LogP contribution in [-0.2, 0) is 0 Å². The Labute approximate surface area is 105 Å². The Morgan fingerprint density at radius 1 is 1.33 bits per heavy atom. The Kier molecular flexibility index (Phi) is 2.52. The molecule has 0 unspecified atom stereocenters. The molecule has 18 heavy (non-hydrogen) atoms. The molecule has 0 atom stereocenters. The number of nitrogens with two attached hydrogens (primary N) is 1. The molecule has 6 nitrogen and oxygen atoms in total. The standard InChI is InChI=1S/C11H8N4O2S/c12-7-3-6-8(14-5-15-10(6)16)4-9(7)18-11-13-1-2-17-11/h1-5H,12H2,(H,14,15,16). The number of nitrogens with zero attached hydrogens (tertiary/aromatic N) is 2. The molecule has 0 aliphatic heterocycles. The van der Waals surface area contributed by atoms with Gasteiger partial charge in [0.25, 0.3) is 10.8 Å². The van der Waals surface area contributed by atoms with Gasteiger partial charge in [-0.05, 0) is 23.9 Å². The van der Waals surface area contributed by atoms with Gasteiger partial charge in [0.2, 0.25) is 0 Å². The molecule has 1 aromatic carbocycles. The molecule has 7 heteroatoms. The Hall–Kier alpha value is -2.28. The van der Waals surface area contributed by atoms with Crippen molar-refractivity contribution in [1.82, 2.24) is 15.0 Å². The van der Waals surface area contributed by atoms with E-state index < -0.39 is 0 Å². The molecule has 2 aromatic heterocycles. The van der Waals surface area contributed by atoms with Crippen LogP contribution in [0.15, 0.2) is 50.2 Å². The second kappa shape index (κ2) is 4.19. The van der Waals surface area contributed by atoms with Crippen LogP contribution in [0.1, 0.15) is 0 Å². The molecule has 0 amide bonds. The van der Waals surface area contributed by atoms with Crippen molar-refractivity contribution in [2.24, 2.45) is 0 Å². The topological polar surface area (TPSA) is 97.8 Å². The van der Waals surface area contributed by atoms with Crippen LogP contribution in [0.2, 0.25) is 0 Å². The molecule has 0 spiro atoms. The number of nitrogen functional groups attached to an aromatic ring is 1. The minimum Gasteiger partial charge on any atom is -0.440 e. The van der Waals surface area contributed by atoms with Crippen LogP contribution in [0.5, 0.6) is 0 Å². The van der Waals surface area contributed by atoms with Gasteiger partial charge in [0.15, 0.2) is 0 Å². The number of anilines is 1. The maximum absolute atomic E-state index is 11.6. The van der Waals surface area contributed by atoms with Crippen molar-refractivity contribution in [3.63, 3.8) is 0 Å². The molecule has 90 valence electrons. The summed E-state index contributed by atoms with van der Waals surface area (Å²) in [4.78, 5) is 22.9. The fourth-order valence-corrected chi connectivity index (χ4v) is 2.31. The summed E-state index contributed by atoms with van der Waals surface area (Å²) in [6.07, 6.45) is 4.41. The van der Waals surface area contributed by atoms with Gasteiger partial charge in [-0.2, -0.15) is 0 Å². The number of hydrogen-bond donors (Lipinski definition) is 2. The quantitative estimate of drug-likeness (QED) is 0.680. The van der Waals surface area contributed by atoms with E-state index in [-0.39, 0.29) is 5.56 Å². The van der Waals surface area contributed by atoms with Crippen molar-refractivity contribution in [3.05, 3.63) is 41.3 Å². The number of aromatic amines is 1. The monoisotopic (exact) mass is 260 g/mol. The van der Waals surface area contributed by atoms with Gasteiger partial charge in [-0.1, -0.05) is 0 Å². The van der Waals surface area contributed by atoms with Crippen molar-refractivity contribution in [3.8, 4) is 0 Å². The van der Waals surface area contributed by atoms with Gasteiger partial charge in [0.1, 0.15) is 6.26 Å². The van der Waals surface area contributed by atoms with Gasteiger partial charge in [-0.15, -0.1) is 0 Å². The van der Waals surface area contributed by atoms with E-state index in [1.807, 2.05) is 0 Å². The van der Waals surface area contributed by atoms with Crippen molar-refractivity contribution < 1.29 is 4.42 Å². The highest BCUT2D eigenvalue weighted by Crippen LogP contribution is 2.32. The number of fused-ring (bicyclic) bond motifs is 1. The van der Waals surface area contributed by atoms with Crippen LogP contribution in [-0.4, -0.2) is 15.0 Å². The molecule has 3 rings (SSSR count). The lowest BCUT2D eigenvalue weighted by molar-refractivity contribution is 0.454. The molecule has 0 saturated heterocycles. The van der Waals surface area contributed by atoms with Gasteiger partial charge in [-0.25, -0.2) is 9.97 Å². The van der Waals surface area contributed by atoms with Crippen molar-refractivity contribution in [2.75, 3.05) is 5.73 Å².